The number of halogens is 1. The largest absolute Gasteiger partial charge is 0.514 e. The molecule has 28 heavy (non-hydrogen) atoms. The van der Waals surface area contributed by atoms with Gasteiger partial charge in [-0.25, -0.2) is 9.59 Å². The maximum absolute atomic E-state index is 12.5. The number of benzene rings is 1. The molecule has 9 heteroatoms. The Morgan fingerprint density at radius 1 is 1.29 bits per heavy atom. The van der Waals surface area contributed by atoms with E-state index in [9.17, 15) is 14.7 Å². The number of ether oxygens (including phenoxy) is 3. The van der Waals surface area contributed by atoms with Gasteiger partial charge in [-0.3, -0.25) is 4.90 Å². The molecule has 1 N–H and O–H groups in total. The first-order chi connectivity index (χ1) is 13.4. The third-order valence-corrected chi connectivity index (χ3v) is 6.26. The van der Waals surface area contributed by atoms with Crippen LogP contribution < -0.4 is 0 Å². The number of piperidine rings is 1. The van der Waals surface area contributed by atoms with Crippen molar-refractivity contribution in [2.45, 2.75) is 17.7 Å². The second-order valence-corrected chi connectivity index (χ2v) is 7.84. The standard InChI is InChI=1S/C19H20ClNO6S/c1-25-17(23)16(12-5-3-4-6-13(12)20)21-8-7-15-11(10-21)9-14(22)18(28-15)27-19(24)26-2/h3-6,9,15-16,22H,7-8,10H2,1-2H3/t15?,16-/m0/s1. The molecule has 1 aromatic rings. The fourth-order valence-corrected chi connectivity index (χ4v) is 4.59. The molecule has 150 valence electrons. The summed E-state index contributed by atoms with van der Waals surface area (Å²) >= 11 is 7.58. The predicted molar refractivity (Wildman–Crippen MR) is 105 cm³/mol. The minimum Gasteiger partial charge on any atom is -0.504 e. The van der Waals surface area contributed by atoms with E-state index >= 15 is 0 Å². The van der Waals surface area contributed by atoms with Gasteiger partial charge in [-0.05, 0) is 29.7 Å². The van der Waals surface area contributed by atoms with Crippen molar-refractivity contribution in [2.24, 2.45) is 0 Å². The number of carbonyl (C=O) groups excluding carboxylic acids is 2. The monoisotopic (exact) mass is 425 g/mol. The smallest absolute Gasteiger partial charge is 0.504 e. The van der Waals surface area contributed by atoms with E-state index in [1.165, 1.54) is 26.0 Å². The number of aliphatic hydroxyl groups excluding tert-OH is 1. The number of nitrogens with zero attached hydrogens (tertiary/aromatic N) is 1. The van der Waals surface area contributed by atoms with Crippen molar-refractivity contribution in [1.82, 2.24) is 4.90 Å². The van der Waals surface area contributed by atoms with Crippen molar-refractivity contribution in [3.63, 3.8) is 0 Å². The molecule has 1 fully saturated rings. The first-order valence-corrected chi connectivity index (χ1v) is 9.82. The Morgan fingerprint density at radius 3 is 2.71 bits per heavy atom. The summed E-state index contributed by atoms with van der Waals surface area (Å²) in [5, 5.41) is 10.8. The van der Waals surface area contributed by atoms with Crippen molar-refractivity contribution < 1.29 is 28.9 Å². The van der Waals surface area contributed by atoms with E-state index < -0.39 is 18.2 Å². The van der Waals surface area contributed by atoms with E-state index in [4.69, 9.17) is 21.1 Å². The lowest BCUT2D eigenvalue weighted by Gasteiger charge is -2.39. The van der Waals surface area contributed by atoms with Gasteiger partial charge in [0, 0.05) is 23.4 Å². The Bertz CT molecular complexity index is 839. The Labute approximate surface area is 171 Å². The number of rotatable bonds is 4. The van der Waals surface area contributed by atoms with Crippen molar-refractivity contribution in [2.75, 3.05) is 27.3 Å². The molecule has 0 saturated carbocycles. The molecule has 0 aliphatic carbocycles. The Morgan fingerprint density at radius 2 is 2.04 bits per heavy atom. The summed E-state index contributed by atoms with van der Waals surface area (Å²) in [6, 6.07) is 6.52. The summed E-state index contributed by atoms with van der Waals surface area (Å²) < 4.78 is 14.5. The molecule has 2 atom stereocenters. The normalized spacial score (nSPS) is 20.7. The average molecular weight is 426 g/mol. The minimum absolute atomic E-state index is 0.0244. The van der Waals surface area contributed by atoms with Crippen LogP contribution in [0.1, 0.15) is 18.0 Å². The molecular formula is C19H20ClNO6S. The van der Waals surface area contributed by atoms with Crippen LogP contribution in [-0.4, -0.2) is 54.7 Å². The number of carbonyl (C=O) groups is 2. The molecule has 2 aliphatic rings. The zero-order valence-electron chi connectivity index (χ0n) is 15.4. The van der Waals surface area contributed by atoms with Crippen LogP contribution in [0.2, 0.25) is 5.02 Å². The SMILES string of the molecule is COC(=O)OC1=C(O)C=C2CN([C@H](C(=O)OC)c3ccccc3Cl)CCC2S1. The summed E-state index contributed by atoms with van der Waals surface area (Å²) in [5.41, 5.74) is 1.60. The topological polar surface area (TPSA) is 85.3 Å². The number of aliphatic hydroxyl groups is 1. The third-order valence-electron chi connectivity index (χ3n) is 4.59. The van der Waals surface area contributed by atoms with Crippen LogP contribution in [0, 0.1) is 0 Å². The minimum atomic E-state index is -0.882. The van der Waals surface area contributed by atoms with Crippen molar-refractivity contribution >= 4 is 35.5 Å². The van der Waals surface area contributed by atoms with E-state index in [-0.39, 0.29) is 16.1 Å². The Hall–Kier alpha value is -2.16. The van der Waals surface area contributed by atoms with Crippen LogP contribution in [0.5, 0.6) is 0 Å². The zero-order valence-corrected chi connectivity index (χ0v) is 17.0. The summed E-state index contributed by atoms with van der Waals surface area (Å²) in [6.07, 6.45) is 1.38. The molecular weight excluding hydrogens is 406 g/mol. The van der Waals surface area contributed by atoms with Crippen LogP contribution in [0.4, 0.5) is 4.79 Å². The molecule has 1 unspecified atom stereocenters. The molecule has 0 spiro atoms. The van der Waals surface area contributed by atoms with Crippen molar-refractivity contribution in [3.05, 3.63) is 57.4 Å². The highest BCUT2D eigenvalue weighted by Crippen LogP contribution is 2.41. The van der Waals surface area contributed by atoms with Crippen LogP contribution in [0.15, 0.2) is 46.8 Å². The number of thioether (sulfide) groups is 1. The van der Waals surface area contributed by atoms with Crippen LogP contribution >= 0.6 is 23.4 Å². The molecule has 2 aliphatic heterocycles. The van der Waals surface area contributed by atoms with Crippen LogP contribution in [0.3, 0.4) is 0 Å². The number of allylic oxidation sites excluding steroid dienone is 1. The number of hydrogen-bond donors (Lipinski definition) is 1. The van der Waals surface area contributed by atoms with Gasteiger partial charge in [0.1, 0.15) is 6.04 Å². The van der Waals surface area contributed by atoms with Gasteiger partial charge in [0.05, 0.1) is 14.2 Å². The van der Waals surface area contributed by atoms with E-state index in [0.717, 1.165) is 5.57 Å². The van der Waals surface area contributed by atoms with Crippen molar-refractivity contribution in [1.29, 1.82) is 0 Å². The predicted octanol–water partition coefficient (Wildman–Crippen LogP) is 3.81. The molecule has 2 heterocycles. The van der Waals surface area contributed by atoms with Gasteiger partial charge in [-0.2, -0.15) is 0 Å². The molecule has 1 aromatic carbocycles. The second kappa shape index (κ2) is 8.89. The molecule has 0 bridgehead atoms. The van der Waals surface area contributed by atoms with Gasteiger partial charge in [-0.15, -0.1) is 0 Å². The fraction of sp³-hybridized carbons (Fsp3) is 0.368. The number of esters is 1. The van der Waals surface area contributed by atoms with E-state index in [1.54, 1.807) is 24.3 Å². The maximum atomic E-state index is 12.5. The molecule has 0 radical (unpaired) electrons. The van der Waals surface area contributed by atoms with Gasteiger partial charge in [0.15, 0.2) is 5.76 Å². The quantitative estimate of drug-likeness (QED) is 0.729. The fourth-order valence-electron chi connectivity index (χ4n) is 3.28. The van der Waals surface area contributed by atoms with Crippen LogP contribution in [-0.2, 0) is 19.0 Å². The van der Waals surface area contributed by atoms with E-state index in [0.29, 0.717) is 30.1 Å². The highest BCUT2D eigenvalue weighted by Gasteiger charge is 2.37. The summed E-state index contributed by atoms with van der Waals surface area (Å²) in [5.74, 6) is -0.541. The molecule has 0 aromatic heterocycles. The first-order valence-electron chi connectivity index (χ1n) is 8.57. The highest BCUT2D eigenvalue weighted by molar-refractivity contribution is 8.03. The number of fused-ring (bicyclic) bond motifs is 1. The number of methoxy groups -OCH3 is 2. The Balaban J connectivity index is 1.86. The molecule has 7 nitrogen and oxygen atoms in total. The lowest BCUT2D eigenvalue weighted by Crippen LogP contribution is -2.43. The zero-order chi connectivity index (χ0) is 20.3. The Kier molecular flexibility index (Phi) is 6.53. The van der Waals surface area contributed by atoms with Gasteiger partial charge in [-0.1, -0.05) is 41.6 Å². The molecule has 0 amide bonds. The first kappa shape index (κ1) is 20.6. The number of hydrogen-bond acceptors (Lipinski definition) is 8. The summed E-state index contributed by atoms with van der Waals surface area (Å²) in [4.78, 5) is 25.8. The second-order valence-electron chi connectivity index (χ2n) is 6.26. The van der Waals surface area contributed by atoms with E-state index in [1.807, 2.05) is 11.0 Å². The van der Waals surface area contributed by atoms with Gasteiger partial charge < -0.3 is 19.3 Å². The molecule has 3 rings (SSSR count). The summed E-state index contributed by atoms with van der Waals surface area (Å²) in [6.45, 7) is 1.05. The van der Waals surface area contributed by atoms with E-state index in [2.05, 4.69) is 4.74 Å². The average Bonchev–Trinajstić information content (AvgIpc) is 2.69. The number of likely N-dealkylation sites (tertiary alicyclic amines) is 1. The lowest BCUT2D eigenvalue weighted by molar-refractivity contribution is -0.147. The van der Waals surface area contributed by atoms with Gasteiger partial charge in [0.25, 0.3) is 0 Å². The third kappa shape index (κ3) is 4.29. The van der Waals surface area contributed by atoms with Gasteiger partial charge in [0.2, 0.25) is 5.09 Å². The van der Waals surface area contributed by atoms with Crippen LogP contribution in [0.25, 0.3) is 0 Å². The van der Waals surface area contributed by atoms with Crippen molar-refractivity contribution in [3.8, 4) is 0 Å². The summed E-state index contributed by atoms with van der Waals surface area (Å²) in [7, 11) is 2.55. The maximum Gasteiger partial charge on any atom is 0.514 e. The lowest BCUT2D eigenvalue weighted by atomic mass is 9.97. The highest BCUT2D eigenvalue weighted by atomic mass is 35.5. The molecule has 1 saturated heterocycles. The van der Waals surface area contributed by atoms with Gasteiger partial charge >= 0.3 is 12.1 Å².